The van der Waals surface area contributed by atoms with Crippen molar-refractivity contribution in [2.75, 3.05) is 17.7 Å². The number of carbonyl (C=O) groups is 2. The normalized spacial score (nSPS) is 16.4. The second kappa shape index (κ2) is 9.07. The van der Waals surface area contributed by atoms with Crippen molar-refractivity contribution in [3.8, 4) is 0 Å². The highest BCUT2D eigenvalue weighted by atomic mass is 32.2. The number of aryl methyl sites for hydroxylation is 1. The summed E-state index contributed by atoms with van der Waals surface area (Å²) in [5.41, 5.74) is 3.05. The maximum atomic E-state index is 12.3. The van der Waals surface area contributed by atoms with E-state index in [1.807, 2.05) is 31.2 Å². The quantitative estimate of drug-likeness (QED) is 0.467. The molecule has 1 atom stereocenters. The number of rotatable bonds is 7. The predicted molar refractivity (Wildman–Crippen MR) is 110 cm³/mol. The van der Waals surface area contributed by atoms with Crippen LogP contribution in [0.4, 0.5) is 15.6 Å². The standard InChI is InChI=1S/C18H21N5O3S2/c1-4-26-15(24)14-11(3)19-16(25)21-13(14)9-27-18-23-22-17(28-18)20-12-7-5-6-10(2)8-12/h5-8,11H,4,9H2,1-3H3,(H,20,22)(H2,19,21,25)/t11-/m0/s1. The second-order valence-electron chi connectivity index (χ2n) is 6.09. The zero-order valence-electron chi connectivity index (χ0n) is 15.7. The van der Waals surface area contributed by atoms with Crippen LogP contribution in [0.2, 0.25) is 0 Å². The van der Waals surface area contributed by atoms with Crippen LogP contribution in [0.3, 0.4) is 0 Å². The van der Waals surface area contributed by atoms with Gasteiger partial charge in [0.25, 0.3) is 0 Å². The number of aromatic nitrogens is 2. The van der Waals surface area contributed by atoms with Crippen molar-refractivity contribution in [1.82, 2.24) is 20.8 Å². The summed E-state index contributed by atoms with van der Waals surface area (Å²) in [4.78, 5) is 24.1. The molecule has 148 valence electrons. The van der Waals surface area contributed by atoms with E-state index in [4.69, 9.17) is 4.74 Å². The monoisotopic (exact) mass is 419 g/mol. The van der Waals surface area contributed by atoms with Crippen molar-refractivity contribution >= 4 is 45.9 Å². The van der Waals surface area contributed by atoms with E-state index in [1.54, 1.807) is 13.8 Å². The molecule has 0 saturated heterocycles. The molecule has 0 unspecified atom stereocenters. The van der Waals surface area contributed by atoms with E-state index in [9.17, 15) is 9.59 Å². The number of amides is 2. The van der Waals surface area contributed by atoms with Gasteiger partial charge in [0, 0.05) is 17.1 Å². The number of thioether (sulfide) groups is 1. The van der Waals surface area contributed by atoms with E-state index in [-0.39, 0.29) is 12.6 Å². The van der Waals surface area contributed by atoms with Gasteiger partial charge in [-0.1, -0.05) is 35.2 Å². The molecule has 3 rings (SSSR count). The number of esters is 1. The summed E-state index contributed by atoms with van der Waals surface area (Å²) in [6, 6.07) is 7.22. The lowest BCUT2D eigenvalue weighted by atomic mass is 10.1. The van der Waals surface area contributed by atoms with Gasteiger partial charge in [-0.3, -0.25) is 0 Å². The molecule has 1 aromatic carbocycles. The SMILES string of the molecule is CCOC(=O)C1=C(CSc2nnc(Nc3cccc(C)c3)s2)NC(=O)N[C@H]1C. The number of benzene rings is 1. The van der Waals surface area contributed by atoms with Crippen molar-refractivity contribution in [2.24, 2.45) is 0 Å². The van der Waals surface area contributed by atoms with Crippen LogP contribution in [-0.2, 0) is 9.53 Å². The molecule has 2 heterocycles. The van der Waals surface area contributed by atoms with E-state index in [1.165, 1.54) is 23.1 Å². The zero-order chi connectivity index (χ0) is 20.1. The minimum absolute atomic E-state index is 0.272. The fraction of sp³-hybridized carbons (Fsp3) is 0.333. The molecule has 0 bridgehead atoms. The molecule has 1 aromatic heterocycles. The molecule has 2 aromatic rings. The maximum absolute atomic E-state index is 12.3. The Bertz CT molecular complexity index is 912. The third-order valence-corrected chi connectivity index (χ3v) is 5.88. The van der Waals surface area contributed by atoms with Gasteiger partial charge in [0.15, 0.2) is 4.34 Å². The second-order valence-corrected chi connectivity index (χ2v) is 8.29. The summed E-state index contributed by atoms with van der Waals surface area (Å²) in [6.45, 7) is 5.80. The van der Waals surface area contributed by atoms with Crippen molar-refractivity contribution < 1.29 is 14.3 Å². The minimum atomic E-state index is -0.433. The largest absolute Gasteiger partial charge is 0.463 e. The van der Waals surface area contributed by atoms with Crippen LogP contribution >= 0.6 is 23.1 Å². The Balaban J connectivity index is 1.69. The van der Waals surface area contributed by atoms with Gasteiger partial charge >= 0.3 is 12.0 Å². The van der Waals surface area contributed by atoms with Crippen LogP contribution in [0.25, 0.3) is 0 Å². The van der Waals surface area contributed by atoms with Gasteiger partial charge in [-0.2, -0.15) is 0 Å². The Labute approximate surface area is 171 Å². The molecule has 0 aliphatic carbocycles. The van der Waals surface area contributed by atoms with Crippen LogP contribution in [0.15, 0.2) is 39.9 Å². The van der Waals surface area contributed by atoms with Gasteiger partial charge in [0.1, 0.15) is 0 Å². The molecule has 0 spiro atoms. The van der Waals surface area contributed by atoms with Gasteiger partial charge in [0.2, 0.25) is 5.13 Å². The molecular weight excluding hydrogens is 398 g/mol. The van der Waals surface area contributed by atoms with Crippen LogP contribution in [0.1, 0.15) is 19.4 Å². The highest BCUT2D eigenvalue weighted by Crippen LogP contribution is 2.30. The van der Waals surface area contributed by atoms with Crippen molar-refractivity contribution in [3.05, 3.63) is 41.1 Å². The molecule has 10 heteroatoms. The van der Waals surface area contributed by atoms with Crippen molar-refractivity contribution in [3.63, 3.8) is 0 Å². The van der Waals surface area contributed by atoms with Gasteiger partial charge < -0.3 is 20.7 Å². The molecule has 0 radical (unpaired) electrons. The van der Waals surface area contributed by atoms with E-state index in [0.717, 1.165) is 15.6 Å². The average Bonchev–Trinajstić information content (AvgIpc) is 3.07. The lowest BCUT2D eigenvalue weighted by molar-refractivity contribution is -0.138. The van der Waals surface area contributed by atoms with Gasteiger partial charge in [-0.25, -0.2) is 9.59 Å². The first-order valence-corrected chi connectivity index (χ1v) is 10.5. The third-order valence-electron chi connectivity index (χ3n) is 3.88. The molecular formula is C18H21N5O3S2. The van der Waals surface area contributed by atoms with Crippen LogP contribution < -0.4 is 16.0 Å². The minimum Gasteiger partial charge on any atom is -0.463 e. The Kier molecular flexibility index (Phi) is 6.53. The lowest BCUT2D eigenvalue weighted by Gasteiger charge is -2.26. The number of anilines is 2. The number of ether oxygens (including phenoxy) is 1. The predicted octanol–water partition coefficient (Wildman–Crippen LogP) is 3.20. The highest BCUT2D eigenvalue weighted by molar-refractivity contribution is 8.01. The summed E-state index contributed by atoms with van der Waals surface area (Å²) in [5.74, 6) is -0.0532. The first-order valence-electron chi connectivity index (χ1n) is 8.74. The summed E-state index contributed by atoms with van der Waals surface area (Å²) < 4.78 is 5.84. The Morgan fingerprint density at radius 1 is 1.39 bits per heavy atom. The van der Waals surface area contributed by atoms with Gasteiger partial charge in [0.05, 0.1) is 18.2 Å². The Morgan fingerprint density at radius 3 is 2.96 bits per heavy atom. The first kappa shape index (κ1) is 20.2. The van der Waals surface area contributed by atoms with Crippen LogP contribution in [-0.4, -0.2) is 40.6 Å². The molecule has 0 fully saturated rings. The number of hydrogen-bond donors (Lipinski definition) is 3. The number of hydrogen-bond acceptors (Lipinski definition) is 8. The van der Waals surface area contributed by atoms with Crippen LogP contribution in [0, 0.1) is 6.92 Å². The topological polar surface area (TPSA) is 105 Å². The average molecular weight is 420 g/mol. The Hall–Kier alpha value is -2.59. The first-order chi connectivity index (χ1) is 13.5. The molecule has 28 heavy (non-hydrogen) atoms. The van der Waals surface area contributed by atoms with E-state index < -0.39 is 12.0 Å². The van der Waals surface area contributed by atoms with E-state index in [2.05, 4.69) is 26.1 Å². The van der Waals surface area contributed by atoms with E-state index >= 15 is 0 Å². The summed E-state index contributed by atoms with van der Waals surface area (Å²) in [6.07, 6.45) is 0. The van der Waals surface area contributed by atoms with Gasteiger partial charge in [-0.05, 0) is 38.5 Å². The third kappa shape index (κ3) is 5.02. The molecule has 0 saturated carbocycles. The summed E-state index contributed by atoms with van der Waals surface area (Å²) in [7, 11) is 0. The number of nitrogens with one attached hydrogen (secondary N) is 3. The van der Waals surface area contributed by atoms with Crippen molar-refractivity contribution in [1.29, 1.82) is 0 Å². The fourth-order valence-corrected chi connectivity index (χ4v) is 4.43. The molecule has 1 aliphatic heterocycles. The molecule has 2 amide bonds. The van der Waals surface area contributed by atoms with Gasteiger partial charge in [-0.15, -0.1) is 10.2 Å². The Morgan fingerprint density at radius 2 is 2.21 bits per heavy atom. The number of nitrogens with zero attached hydrogens (tertiary/aromatic N) is 2. The highest BCUT2D eigenvalue weighted by Gasteiger charge is 2.29. The lowest BCUT2D eigenvalue weighted by Crippen LogP contribution is -2.49. The van der Waals surface area contributed by atoms with Crippen molar-refractivity contribution in [2.45, 2.75) is 31.2 Å². The van der Waals surface area contributed by atoms with E-state index in [0.29, 0.717) is 22.2 Å². The molecule has 8 nitrogen and oxygen atoms in total. The smallest absolute Gasteiger partial charge is 0.337 e. The summed E-state index contributed by atoms with van der Waals surface area (Å²) >= 11 is 2.81. The molecule has 1 aliphatic rings. The number of urea groups is 1. The summed E-state index contributed by atoms with van der Waals surface area (Å²) in [5, 5.41) is 17.6. The van der Waals surface area contributed by atoms with Crippen LogP contribution in [0.5, 0.6) is 0 Å². The number of carbonyl (C=O) groups excluding carboxylic acids is 2. The maximum Gasteiger partial charge on any atom is 0.337 e. The zero-order valence-corrected chi connectivity index (χ0v) is 17.4. The molecule has 3 N–H and O–H groups in total. The fourth-order valence-electron chi connectivity index (χ4n) is 2.69.